The van der Waals surface area contributed by atoms with E-state index in [1.807, 2.05) is 82.4 Å². The number of amides is 5. The minimum absolute atomic E-state index is 0. The predicted octanol–water partition coefficient (Wildman–Crippen LogP) is 9.81. The quantitative estimate of drug-likeness (QED) is 0.0667. The largest absolute Gasteiger partial charge is 0.478 e. The van der Waals surface area contributed by atoms with Gasteiger partial charge in [-0.25, -0.2) is 33.4 Å². The zero-order valence-electron chi connectivity index (χ0n) is 50.3. The molecule has 4 saturated heterocycles. The fourth-order valence-corrected chi connectivity index (χ4v) is 11.0. The Hall–Kier alpha value is -9.00. The van der Waals surface area contributed by atoms with E-state index in [-0.39, 0.29) is 32.4 Å². The lowest BCUT2D eigenvalue weighted by molar-refractivity contribution is 0.0661. The van der Waals surface area contributed by atoms with Gasteiger partial charge in [0.1, 0.15) is 11.0 Å². The number of aromatic carboxylic acids is 1. The van der Waals surface area contributed by atoms with Crippen molar-refractivity contribution in [1.82, 2.24) is 49.2 Å². The molecule has 472 valence electrons. The number of urea groups is 2. The highest BCUT2D eigenvalue weighted by molar-refractivity contribution is 6.01. The van der Waals surface area contributed by atoms with Crippen molar-refractivity contribution in [3.63, 3.8) is 0 Å². The molecule has 0 radical (unpaired) electrons. The Bertz CT molecular complexity index is 3620. The first-order valence-corrected chi connectivity index (χ1v) is 29.7. The van der Waals surface area contributed by atoms with Crippen molar-refractivity contribution in [3.8, 4) is 22.8 Å². The zero-order chi connectivity index (χ0) is 61.0. The van der Waals surface area contributed by atoms with Gasteiger partial charge < -0.3 is 65.7 Å². The van der Waals surface area contributed by atoms with Crippen LogP contribution in [-0.4, -0.2) is 192 Å². The van der Waals surface area contributed by atoms with Crippen molar-refractivity contribution < 1.29 is 33.8 Å². The molecule has 4 fully saturated rings. The molecule has 4 aromatic heterocycles. The number of nitrogens with zero attached hydrogens (tertiary/aromatic N) is 11. The van der Waals surface area contributed by atoms with Gasteiger partial charge in [0.05, 0.1) is 32.0 Å². The molecule has 6 N–H and O–H groups in total. The summed E-state index contributed by atoms with van der Waals surface area (Å²) in [6.45, 7) is 13.7. The number of rotatable bonds is 12. The molecule has 0 spiro atoms. The number of hydrogen-bond donors (Lipinski definition) is 6. The van der Waals surface area contributed by atoms with Crippen LogP contribution in [0.25, 0.3) is 33.8 Å². The summed E-state index contributed by atoms with van der Waals surface area (Å²) in [6.07, 6.45) is 4.58. The number of carbonyl (C=O) groups is 4. The first kappa shape index (κ1) is 66.0. The molecule has 0 atom stereocenters. The van der Waals surface area contributed by atoms with E-state index >= 15 is 0 Å². The van der Waals surface area contributed by atoms with Gasteiger partial charge in [0.2, 0.25) is 0 Å². The van der Waals surface area contributed by atoms with E-state index in [1.165, 1.54) is 50.2 Å². The van der Waals surface area contributed by atoms with Gasteiger partial charge in [-0.05, 0) is 202 Å². The molecule has 4 aromatic carbocycles. The third kappa shape index (κ3) is 16.8. The number of morpholine rings is 2. The van der Waals surface area contributed by atoms with Gasteiger partial charge in [-0.15, -0.1) is 10.2 Å². The second-order valence-corrected chi connectivity index (χ2v) is 22.5. The Kier molecular flexibility index (Phi) is 22.8. The molecule has 8 aromatic rings. The third-order valence-corrected chi connectivity index (χ3v) is 16.1. The molecule has 0 saturated carbocycles. The normalized spacial score (nSPS) is 15.4. The molecule has 4 aliphatic heterocycles. The number of anilines is 6. The van der Waals surface area contributed by atoms with E-state index in [0.29, 0.717) is 72.4 Å². The van der Waals surface area contributed by atoms with Crippen molar-refractivity contribution in [3.05, 3.63) is 144 Å². The highest BCUT2D eigenvalue weighted by atomic mass is 16.5. The number of ether oxygens (including phenoxy) is 2. The fraction of sp³-hybridized carbons (Fsp3) is 0.394. The molecular weight excluding hydrogens is 1130 g/mol. The van der Waals surface area contributed by atoms with Crippen molar-refractivity contribution in [2.24, 2.45) is 0 Å². The lowest BCUT2D eigenvalue weighted by atomic mass is 10.0. The molecule has 23 nitrogen and oxygen atoms in total. The molecule has 89 heavy (non-hydrogen) atoms. The average molecular weight is 1220 g/mol. The summed E-state index contributed by atoms with van der Waals surface area (Å²) >= 11 is 0. The van der Waals surface area contributed by atoms with Gasteiger partial charge in [-0.3, -0.25) is 4.79 Å². The second-order valence-electron chi connectivity index (χ2n) is 22.5. The van der Waals surface area contributed by atoms with Crippen LogP contribution in [0.2, 0.25) is 0 Å². The number of piperidine rings is 2. The van der Waals surface area contributed by atoms with Gasteiger partial charge in [-0.2, -0.15) is 0 Å². The zero-order valence-corrected chi connectivity index (χ0v) is 50.3. The molecule has 0 bridgehead atoms. The van der Waals surface area contributed by atoms with Crippen LogP contribution >= 0.6 is 0 Å². The van der Waals surface area contributed by atoms with E-state index in [1.54, 1.807) is 36.4 Å². The van der Waals surface area contributed by atoms with Crippen LogP contribution < -0.4 is 36.4 Å². The summed E-state index contributed by atoms with van der Waals surface area (Å²) < 4.78 is 14.9. The van der Waals surface area contributed by atoms with E-state index in [4.69, 9.17) is 34.7 Å². The van der Waals surface area contributed by atoms with E-state index in [0.717, 1.165) is 103 Å². The lowest BCUT2D eigenvalue weighted by Crippen LogP contribution is -2.44. The van der Waals surface area contributed by atoms with Gasteiger partial charge in [0.15, 0.2) is 23.3 Å². The number of aryl methyl sites for hydroxylation is 2. The number of hydrogen-bond acceptors (Lipinski definition) is 15. The molecule has 4 aliphatic rings. The smallest absolute Gasteiger partial charge is 0.335 e. The summed E-state index contributed by atoms with van der Waals surface area (Å²) in [6, 6.07) is 36.4. The Morgan fingerprint density at radius 1 is 0.494 bits per heavy atom. The van der Waals surface area contributed by atoms with Crippen molar-refractivity contribution in [2.45, 2.75) is 66.5 Å². The molecular formula is C66H86N16O7. The maximum atomic E-state index is 12.9. The van der Waals surface area contributed by atoms with Crippen LogP contribution in [-0.2, 0) is 9.47 Å². The van der Waals surface area contributed by atoms with Crippen molar-refractivity contribution in [2.75, 3.05) is 138 Å². The number of carboxylic acid groups (broad SMARTS) is 1. The highest BCUT2D eigenvalue weighted by Gasteiger charge is 2.26. The number of benzene rings is 4. The Labute approximate surface area is 521 Å². The first-order valence-electron chi connectivity index (χ1n) is 29.7. The van der Waals surface area contributed by atoms with Gasteiger partial charge in [0.25, 0.3) is 5.91 Å². The number of nitrogens with one attached hydrogen (secondary N) is 5. The Morgan fingerprint density at radius 2 is 0.854 bits per heavy atom. The fourth-order valence-electron chi connectivity index (χ4n) is 11.0. The molecule has 8 heterocycles. The number of carbonyl (C=O) groups excluding carboxylic acids is 3. The van der Waals surface area contributed by atoms with Gasteiger partial charge in [-0.1, -0.05) is 14.9 Å². The summed E-state index contributed by atoms with van der Waals surface area (Å²) in [5.74, 6) is 1.98. The van der Waals surface area contributed by atoms with Crippen molar-refractivity contribution >= 4 is 69.4 Å². The van der Waals surface area contributed by atoms with Gasteiger partial charge in [0, 0.05) is 102 Å². The monoisotopic (exact) mass is 1210 g/mol. The topological polar surface area (TPSA) is 244 Å². The minimum Gasteiger partial charge on any atom is -0.478 e. The number of aromatic nitrogens is 6. The first-order chi connectivity index (χ1) is 42.1. The maximum Gasteiger partial charge on any atom is 0.335 e. The van der Waals surface area contributed by atoms with E-state index in [2.05, 4.69) is 80.4 Å². The van der Waals surface area contributed by atoms with Crippen LogP contribution in [0.4, 0.5) is 44.0 Å². The minimum atomic E-state index is -1.02. The summed E-state index contributed by atoms with van der Waals surface area (Å²) in [5, 5.41) is 33.0. The van der Waals surface area contributed by atoms with Crippen molar-refractivity contribution in [1.29, 1.82) is 0 Å². The predicted molar refractivity (Wildman–Crippen MR) is 353 cm³/mol. The van der Waals surface area contributed by atoms with Crippen LogP contribution in [0.15, 0.2) is 121 Å². The van der Waals surface area contributed by atoms with Crippen LogP contribution in [0.5, 0.6) is 0 Å². The molecule has 0 unspecified atom stereocenters. The average Bonchev–Trinajstić information content (AvgIpc) is 2.41. The maximum absolute atomic E-state index is 12.9. The highest BCUT2D eigenvalue weighted by Crippen LogP contribution is 2.29. The molecule has 23 heteroatoms. The molecule has 0 aliphatic carbocycles. The number of carboxylic acids is 1. The summed E-state index contributed by atoms with van der Waals surface area (Å²) in [5.41, 5.74) is 8.76. The lowest BCUT2D eigenvalue weighted by Gasteiger charge is -2.35. The number of likely N-dealkylation sites (tertiary alicyclic amines) is 1. The Balaban J connectivity index is 0.000000200. The van der Waals surface area contributed by atoms with E-state index in [9.17, 15) is 19.2 Å². The molecule has 5 amide bonds. The molecule has 12 rings (SSSR count). The third-order valence-electron chi connectivity index (χ3n) is 16.1. The standard InChI is InChI=1S/C32H38N8O3.C25H24N6O4.C7H16N2.2CH4/c1-22-4-13-28-30(38-18-20-43-21-19-38)35-29(36-40(22)28)23-5-9-25(10-6-23)33-32(42)34-26-11-7-24(8-12-26)31(41)39-16-14-27(15-17-39)37(2)3;1-16-2-11-21-23(30-12-14-35-15-13-30)28-22(29-31(16)21)17-3-7-19(8-4-17)26-25(34)27-20-9-5-18(6-10-20)24(32)33;1-9(2)7-3-5-8-6-4-7;;/h4-13,27H,14-21H2,1-3H3,(H2,33,34,42);2-11H,12-15H2,1H3,(H,32,33)(H2,26,27,34);7-8H,3-6H2,1-2H3;2*1H4. The SMILES string of the molecule is C.C.CN(C)C1CCNCC1.Cc1ccc2c(N3CCOCC3)nc(-c3ccc(NC(=O)Nc4ccc(C(=O)N5CCC(N(C)C)CC5)cc4)cc3)nn12.Cc1ccc2c(N3CCOCC3)nc(-c3ccc(NC(=O)Nc4ccc(C(=O)O)cc4)cc3)nn12. The second kappa shape index (κ2) is 30.8. The van der Waals surface area contributed by atoms with Crippen LogP contribution in [0.1, 0.15) is 72.6 Å². The summed E-state index contributed by atoms with van der Waals surface area (Å²) in [7, 11) is 8.50. The Morgan fingerprint density at radius 3 is 1.21 bits per heavy atom. The number of fused-ring (bicyclic) bond motifs is 2. The van der Waals surface area contributed by atoms with E-state index < -0.39 is 12.0 Å². The van der Waals surface area contributed by atoms with Gasteiger partial charge >= 0.3 is 18.0 Å². The van der Waals surface area contributed by atoms with Crippen LogP contribution in [0.3, 0.4) is 0 Å². The van der Waals surface area contributed by atoms with Crippen LogP contribution in [0, 0.1) is 13.8 Å². The summed E-state index contributed by atoms with van der Waals surface area (Å²) in [4.78, 5) is 69.7.